The van der Waals surface area contributed by atoms with Gasteiger partial charge in [0.25, 0.3) is 0 Å². The number of benzene rings is 1. The largest absolute Gasteiger partial charge is 0.451 e. The molecule has 0 unspecified atom stereocenters. The van der Waals surface area contributed by atoms with E-state index in [9.17, 15) is 9.59 Å². The highest BCUT2D eigenvalue weighted by Gasteiger charge is 2.21. The Hall–Kier alpha value is -1.91. The van der Waals surface area contributed by atoms with Gasteiger partial charge in [-0.2, -0.15) is 0 Å². The molecule has 6 heteroatoms. The van der Waals surface area contributed by atoms with Gasteiger partial charge in [0.1, 0.15) is 5.15 Å². The van der Waals surface area contributed by atoms with Crippen molar-refractivity contribution in [3.63, 3.8) is 0 Å². The van der Waals surface area contributed by atoms with E-state index in [4.69, 9.17) is 27.9 Å². The van der Waals surface area contributed by atoms with Crippen molar-refractivity contribution in [2.45, 2.75) is 26.4 Å². The molecule has 1 aromatic heterocycles. The summed E-state index contributed by atoms with van der Waals surface area (Å²) >= 11 is 11.5. The maximum atomic E-state index is 12.3. The summed E-state index contributed by atoms with van der Waals surface area (Å²) in [5.41, 5.74) is 1.77. The van der Waals surface area contributed by atoms with Gasteiger partial charge in [-0.3, -0.25) is 4.79 Å². The Morgan fingerprint density at radius 3 is 2.39 bits per heavy atom. The van der Waals surface area contributed by atoms with Crippen LogP contribution in [0.1, 0.15) is 40.1 Å². The Bertz CT molecular complexity index is 729. The van der Waals surface area contributed by atoms with Crippen molar-refractivity contribution in [2.75, 3.05) is 0 Å². The van der Waals surface area contributed by atoms with Crippen LogP contribution in [-0.2, 0) is 11.2 Å². The fraction of sp³-hybridized carbons (Fsp3) is 0.235. The number of esters is 1. The quantitative estimate of drug-likeness (QED) is 0.455. The molecule has 0 saturated carbocycles. The number of nitrogens with zero attached hydrogens (tertiary/aromatic N) is 1. The van der Waals surface area contributed by atoms with Crippen LogP contribution in [0.3, 0.4) is 0 Å². The van der Waals surface area contributed by atoms with Crippen molar-refractivity contribution < 1.29 is 14.3 Å². The number of carbonyl (C=O) groups is 2. The molecular formula is C17H15Cl2NO3. The number of pyridine rings is 1. The molecule has 0 saturated heterocycles. The fourth-order valence-corrected chi connectivity index (χ4v) is 2.22. The summed E-state index contributed by atoms with van der Waals surface area (Å²) in [6.07, 6.45) is 1.23. The topological polar surface area (TPSA) is 56.3 Å². The van der Waals surface area contributed by atoms with E-state index in [2.05, 4.69) is 4.98 Å². The maximum Gasteiger partial charge on any atom is 0.340 e. The third-order valence-corrected chi connectivity index (χ3v) is 4.02. The average molecular weight is 352 g/mol. The second-order valence-electron chi connectivity index (χ2n) is 4.96. The van der Waals surface area contributed by atoms with E-state index in [1.807, 2.05) is 19.1 Å². The minimum absolute atomic E-state index is 0.100. The van der Waals surface area contributed by atoms with E-state index in [0.29, 0.717) is 5.56 Å². The zero-order valence-electron chi connectivity index (χ0n) is 12.7. The number of rotatable bonds is 5. The highest BCUT2D eigenvalue weighted by molar-refractivity contribution is 6.41. The summed E-state index contributed by atoms with van der Waals surface area (Å²) in [4.78, 5) is 28.1. The summed E-state index contributed by atoms with van der Waals surface area (Å²) < 4.78 is 5.17. The molecule has 1 atom stereocenters. The molecule has 0 radical (unpaired) electrons. The predicted octanol–water partition coefficient (Wildman–Crippen LogP) is 4.38. The second kappa shape index (κ2) is 7.57. The van der Waals surface area contributed by atoms with Gasteiger partial charge in [0.05, 0.1) is 10.6 Å². The smallest absolute Gasteiger partial charge is 0.340 e. The summed E-state index contributed by atoms with van der Waals surface area (Å²) in [7, 11) is 0. The van der Waals surface area contributed by atoms with Crippen LogP contribution in [0.4, 0.5) is 0 Å². The van der Waals surface area contributed by atoms with Gasteiger partial charge < -0.3 is 4.74 Å². The first-order valence-electron chi connectivity index (χ1n) is 7.07. The van der Waals surface area contributed by atoms with Crippen molar-refractivity contribution >= 4 is 35.0 Å². The van der Waals surface area contributed by atoms with Crippen molar-refractivity contribution in [2.24, 2.45) is 0 Å². The van der Waals surface area contributed by atoms with Gasteiger partial charge in [-0.1, -0.05) is 54.4 Å². The molecule has 2 rings (SSSR count). The molecular weight excluding hydrogens is 337 g/mol. The predicted molar refractivity (Wildman–Crippen MR) is 89.3 cm³/mol. The maximum absolute atomic E-state index is 12.3. The summed E-state index contributed by atoms with van der Waals surface area (Å²) in [5.74, 6) is -0.948. The molecule has 0 aliphatic carbocycles. The van der Waals surface area contributed by atoms with Crippen LogP contribution in [0.25, 0.3) is 0 Å². The van der Waals surface area contributed by atoms with Crippen molar-refractivity contribution in [3.05, 3.63) is 63.4 Å². The molecule has 0 fully saturated rings. The summed E-state index contributed by atoms with van der Waals surface area (Å²) in [6.45, 7) is 3.56. The number of carbonyl (C=O) groups excluding carboxylic acids is 2. The second-order valence-corrected chi connectivity index (χ2v) is 5.72. The van der Waals surface area contributed by atoms with Gasteiger partial charge in [0, 0.05) is 11.8 Å². The van der Waals surface area contributed by atoms with Crippen molar-refractivity contribution in [3.8, 4) is 0 Å². The summed E-state index contributed by atoms with van der Waals surface area (Å²) in [5, 5.41) is 0.249. The Morgan fingerprint density at radius 2 is 1.83 bits per heavy atom. The van der Waals surface area contributed by atoms with Crippen molar-refractivity contribution in [1.82, 2.24) is 4.98 Å². The first-order chi connectivity index (χ1) is 10.9. The Labute approximate surface area is 144 Å². The number of ketones is 1. The minimum atomic E-state index is -0.913. The Balaban J connectivity index is 2.07. The Morgan fingerprint density at radius 1 is 1.17 bits per heavy atom. The highest BCUT2D eigenvalue weighted by Crippen LogP contribution is 2.20. The lowest BCUT2D eigenvalue weighted by molar-refractivity contribution is 0.0318. The number of ether oxygens (including phenoxy) is 1. The van der Waals surface area contributed by atoms with Crippen LogP contribution in [0.5, 0.6) is 0 Å². The summed E-state index contributed by atoms with van der Waals surface area (Å²) in [6, 6.07) is 8.57. The third kappa shape index (κ3) is 4.30. The van der Waals surface area contributed by atoms with Crippen molar-refractivity contribution in [1.29, 1.82) is 0 Å². The molecule has 0 N–H and O–H groups in total. The molecule has 120 valence electrons. The van der Waals surface area contributed by atoms with Crippen LogP contribution in [-0.4, -0.2) is 22.8 Å². The molecule has 0 amide bonds. The SMILES string of the molecule is CCc1ccc(C(=O)[C@@H](C)OC(=O)c2cnc(Cl)c(Cl)c2)cc1. The van der Waals surface area contributed by atoms with Gasteiger partial charge in [-0.05, 0) is 25.0 Å². The third-order valence-electron chi connectivity index (χ3n) is 3.33. The number of halogens is 2. The minimum Gasteiger partial charge on any atom is -0.451 e. The van der Waals surface area contributed by atoms with E-state index in [1.165, 1.54) is 19.2 Å². The van der Waals surface area contributed by atoms with Gasteiger partial charge in [-0.25, -0.2) is 9.78 Å². The van der Waals surface area contributed by atoms with E-state index in [0.717, 1.165) is 12.0 Å². The lowest BCUT2D eigenvalue weighted by Crippen LogP contribution is -2.24. The Kier molecular flexibility index (Phi) is 5.74. The zero-order chi connectivity index (χ0) is 17.0. The van der Waals surface area contributed by atoms with Crippen LogP contribution < -0.4 is 0 Å². The van der Waals surface area contributed by atoms with E-state index in [-0.39, 0.29) is 21.5 Å². The van der Waals surface area contributed by atoms with E-state index >= 15 is 0 Å². The van der Waals surface area contributed by atoms with E-state index in [1.54, 1.807) is 12.1 Å². The molecule has 1 aromatic carbocycles. The van der Waals surface area contributed by atoms with Gasteiger partial charge in [-0.15, -0.1) is 0 Å². The normalized spacial score (nSPS) is 11.8. The van der Waals surface area contributed by atoms with Gasteiger partial charge >= 0.3 is 5.97 Å². The standard InChI is InChI=1S/C17H15Cl2NO3/c1-3-11-4-6-12(7-5-11)15(21)10(2)23-17(22)13-8-14(18)16(19)20-9-13/h4-10H,3H2,1-2H3/t10-/m1/s1. The van der Waals surface area contributed by atoms with Crippen LogP contribution in [0, 0.1) is 0 Å². The molecule has 4 nitrogen and oxygen atoms in total. The van der Waals surface area contributed by atoms with Crippen LogP contribution in [0.15, 0.2) is 36.5 Å². The van der Waals surface area contributed by atoms with Crippen LogP contribution >= 0.6 is 23.2 Å². The van der Waals surface area contributed by atoms with E-state index < -0.39 is 12.1 Å². The lowest BCUT2D eigenvalue weighted by Gasteiger charge is -2.12. The monoisotopic (exact) mass is 351 g/mol. The van der Waals surface area contributed by atoms with Gasteiger partial charge in [0.15, 0.2) is 6.10 Å². The average Bonchev–Trinajstić information content (AvgIpc) is 2.56. The van der Waals surface area contributed by atoms with Gasteiger partial charge in [0.2, 0.25) is 5.78 Å². The number of Topliss-reactive ketones (excluding diaryl/α,β-unsaturated/α-hetero) is 1. The first kappa shape index (κ1) is 17.4. The molecule has 0 aliphatic rings. The number of aromatic nitrogens is 1. The highest BCUT2D eigenvalue weighted by atomic mass is 35.5. The number of hydrogen-bond acceptors (Lipinski definition) is 4. The molecule has 1 heterocycles. The first-order valence-corrected chi connectivity index (χ1v) is 7.83. The molecule has 2 aromatic rings. The fourth-order valence-electron chi connectivity index (χ4n) is 1.95. The zero-order valence-corrected chi connectivity index (χ0v) is 14.2. The molecule has 0 aliphatic heterocycles. The number of hydrogen-bond donors (Lipinski definition) is 0. The number of aryl methyl sites for hydroxylation is 1. The molecule has 0 spiro atoms. The lowest BCUT2D eigenvalue weighted by atomic mass is 10.0. The van der Waals surface area contributed by atoms with Crippen LogP contribution in [0.2, 0.25) is 10.2 Å². The molecule has 23 heavy (non-hydrogen) atoms. The molecule has 0 bridgehead atoms.